The summed E-state index contributed by atoms with van der Waals surface area (Å²) < 4.78 is 0. The van der Waals surface area contributed by atoms with E-state index in [1.54, 1.807) is 0 Å². The maximum atomic E-state index is 2.42. The highest BCUT2D eigenvalue weighted by atomic mass is 14.2. The van der Waals surface area contributed by atoms with Crippen molar-refractivity contribution < 1.29 is 0 Å². The molecule has 1 fully saturated rings. The third-order valence-electron chi connectivity index (χ3n) is 3.01. The van der Waals surface area contributed by atoms with Crippen molar-refractivity contribution >= 4 is 0 Å². The lowest BCUT2D eigenvalue weighted by Gasteiger charge is -2.28. The van der Waals surface area contributed by atoms with Crippen LogP contribution in [0.25, 0.3) is 0 Å². The van der Waals surface area contributed by atoms with Crippen LogP contribution in [0, 0.1) is 11.8 Å². The predicted octanol–water partition coefficient (Wildman–Crippen LogP) is 5.03. The van der Waals surface area contributed by atoms with Gasteiger partial charge >= 0.3 is 0 Å². The van der Waals surface area contributed by atoms with Gasteiger partial charge < -0.3 is 0 Å². The monoisotopic (exact) mass is 184 g/mol. The van der Waals surface area contributed by atoms with Crippen molar-refractivity contribution in [3.63, 3.8) is 0 Å². The molecule has 1 aliphatic rings. The van der Waals surface area contributed by atoms with E-state index in [1.165, 1.54) is 44.9 Å². The highest BCUT2D eigenvalue weighted by Crippen LogP contribution is 2.33. The van der Waals surface area contributed by atoms with Crippen molar-refractivity contribution in [3.05, 3.63) is 0 Å². The molecule has 80 valence electrons. The molecular formula is C13H28. The van der Waals surface area contributed by atoms with Crippen molar-refractivity contribution in [1.82, 2.24) is 0 Å². The zero-order valence-electron chi connectivity index (χ0n) is 10.1. The van der Waals surface area contributed by atoms with Gasteiger partial charge in [0.05, 0.1) is 0 Å². The molecule has 0 aliphatic heterocycles. The minimum absolute atomic E-state index is 1.00. The molecule has 0 amide bonds. The summed E-state index contributed by atoms with van der Waals surface area (Å²) in [6, 6.07) is 0. The highest BCUT2D eigenvalue weighted by Gasteiger charge is 2.19. The highest BCUT2D eigenvalue weighted by molar-refractivity contribution is 4.71. The van der Waals surface area contributed by atoms with E-state index in [0.29, 0.717) is 0 Å². The molecule has 0 aromatic carbocycles. The third-order valence-corrected chi connectivity index (χ3v) is 3.01. The second-order valence-electron chi connectivity index (χ2n) is 4.28. The maximum absolute atomic E-state index is 2.42. The van der Waals surface area contributed by atoms with Gasteiger partial charge in [0.2, 0.25) is 0 Å². The first-order chi connectivity index (χ1) is 6.33. The number of hydrogen-bond donors (Lipinski definition) is 0. The molecule has 0 aromatic rings. The van der Waals surface area contributed by atoms with E-state index >= 15 is 0 Å². The Morgan fingerprint density at radius 3 is 2.23 bits per heavy atom. The Morgan fingerprint density at radius 1 is 1.23 bits per heavy atom. The zero-order chi connectivity index (χ0) is 10.1. The van der Waals surface area contributed by atoms with Crippen LogP contribution in [0.1, 0.15) is 72.6 Å². The summed E-state index contributed by atoms with van der Waals surface area (Å²) >= 11 is 0. The van der Waals surface area contributed by atoms with Crippen LogP contribution in [0.5, 0.6) is 0 Å². The lowest BCUT2D eigenvalue weighted by molar-refractivity contribution is 0.249. The van der Waals surface area contributed by atoms with Crippen LogP contribution >= 0.6 is 0 Å². The quantitative estimate of drug-likeness (QED) is 0.562. The van der Waals surface area contributed by atoms with E-state index < -0.39 is 0 Å². The average Bonchev–Trinajstić information content (AvgIpc) is 2.11. The molecule has 13 heavy (non-hydrogen) atoms. The Hall–Kier alpha value is 0. The van der Waals surface area contributed by atoms with E-state index in [4.69, 9.17) is 0 Å². The molecule has 0 nitrogen and oxygen atoms in total. The largest absolute Gasteiger partial charge is 0.0683 e. The summed E-state index contributed by atoms with van der Waals surface area (Å²) in [5.41, 5.74) is 0. The van der Waals surface area contributed by atoms with Gasteiger partial charge in [-0.05, 0) is 18.3 Å². The molecule has 1 rings (SSSR count). The van der Waals surface area contributed by atoms with Crippen LogP contribution in [0.2, 0.25) is 0 Å². The first-order valence-electron chi connectivity index (χ1n) is 6.33. The second-order valence-corrected chi connectivity index (χ2v) is 4.28. The van der Waals surface area contributed by atoms with Gasteiger partial charge in [-0.3, -0.25) is 0 Å². The van der Waals surface area contributed by atoms with Gasteiger partial charge in [0, 0.05) is 0 Å². The van der Waals surface area contributed by atoms with Crippen LogP contribution < -0.4 is 0 Å². The SMILES string of the molecule is CC.CCCCC(C)CC1CCC1. The molecule has 0 heterocycles. The van der Waals surface area contributed by atoms with E-state index in [9.17, 15) is 0 Å². The van der Waals surface area contributed by atoms with Crippen molar-refractivity contribution in [2.75, 3.05) is 0 Å². The summed E-state index contributed by atoms with van der Waals surface area (Å²) in [5.74, 6) is 2.11. The van der Waals surface area contributed by atoms with Crippen LogP contribution in [0.15, 0.2) is 0 Å². The second kappa shape index (κ2) is 8.59. The van der Waals surface area contributed by atoms with Gasteiger partial charge in [0.15, 0.2) is 0 Å². The molecule has 1 atom stereocenters. The fourth-order valence-electron chi connectivity index (χ4n) is 1.97. The predicted molar refractivity (Wildman–Crippen MR) is 62.0 cm³/mol. The fourth-order valence-corrected chi connectivity index (χ4v) is 1.97. The molecule has 1 unspecified atom stereocenters. The molecule has 0 radical (unpaired) electrons. The number of rotatable bonds is 5. The van der Waals surface area contributed by atoms with Gasteiger partial charge in [-0.2, -0.15) is 0 Å². The molecule has 0 aromatic heterocycles. The topological polar surface area (TPSA) is 0 Å². The van der Waals surface area contributed by atoms with Crippen molar-refractivity contribution in [1.29, 1.82) is 0 Å². The fraction of sp³-hybridized carbons (Fsp3) is 1.00. The molecule has 0 spiro atoms. The molecular weight excluding hydrogens is 156 g/mol. The molecule has 0 heteroatoms. The van der Waals surface area contributed by atoms with E-state index in [1.807, 2.05) is 13.8 Å². The molecule has 0 saturated heterocycles. The van der Waals surface area contributed by atoms with Crippen LogP contribution in [0.3, 0.4) is 0 Å². The Bertz CT molecular complexity index is 92.2. The Balaban J connectivity index is 0.000000671. The zero-order valence-corrected chi connectivity index (χ0v) is 10.1. The van der Waals surface area contributed by atoms with Gasteiger partial charge in [-0.1, -0.05) is 66.2 Å². The first-order valence-corrected chi connectivity index (χ1v) is 6.33. The smallest absolute Gasteiger partial charge is 0.0412 e. The van der Waals surface area contributed by atoms with E-state index in [2.05, 4.69) is 13.8 Å². The number of hydrogen-bond acceptors (Lipinski definition) is 0. The minimum atomic E-state index is 1.00. The van der Waals surface area contributed by atoms with Crippen LogP contribution in [-0.2, 0) is 0 Å². The molecule has 0 bridgehead atoms. The van der Waals surface area contributed by atoms with Crippen molar-refractivity contribution in [3.8, 4) is 0 Å². The lowest BCUT2D eigenvalue weighted by Crippen LogP contribution is -2.14. The molecule has 1 aliphatic carbocycles. The average molecular weight is 184 g/mol. The maximum Gasteiger partial charge on any atom is -0.0412 e. The van der Waals surface area contributed by atoms with Gasteiger partial charge in [0.25, 0.3) is 0 Å². The summed E-state index contributed by atoms with van der Waals surface area (Å²) in [6.45, 7) is 8.71. The van der Waals surface area contributed by atoms with Gasteiger partial charge in [-0.25, -0.2) is 0 Å². The summed E-state index contributed by atoms with van der Waals surface area (Å²) in [4.78, 5) is 0. The van der Waals surface area contributed by atoms with Crippen LogP contribution in [0.4, 0.5) is 0 Å². The normalized spacial score (nSPS) is 18.5. The summed E-state index contributed by atoms with van der Waals surface area (Å²) in [7, 11) is 0. The van der Waals surface area contributed by atoms with Crippen molar-refractivity contribution in [2.24, 2.45) is 11.8 Å². The summed E-state index contributed by atoms with van der Waals surface area (Å²) in [5, 5.41) is 0. The lowest BCUT2D eigenvalue weighted by atomic mass is 9.78. The summed E-state index contributed by atoms with van der Waals surface area (Å²) in [6.07, 6.45) is 10.3. The van der Waals surface area contributed by atoms with Crippen LogP contribution in [-0.4, -0.2) is 0 Å². The van der Waals surface area contributed by atoms with E-state index in [0.717, 1.165) is 11.8 Å². The van der Waals surface area contributed by atoms with Gasteiger partial charge in [-0.15, -0.1) is 0 Å². The molecule has 0 N–H and O–H groups in total. The Kier molecular flexibility index (Phi) is 8.59. The van der Waals surface area contributed by atoms with Gasteiger partial charge in [0.1, 0.15) is 0 Å². The number of unbranched alkanes of at least 4 members (excludes halogenated alkanes) is 1. The Morgan fingerprint density at radius 2 is 1.85 bits per heavy atom. The Labute approximate surface area is 85.1 Å². The van der Waals surface area contributed by atoms with E-state index in [-0.39, 0.29) is 0 Å². The first kappa shape index (κ1) is 13.0. The molecule has 1 saturated carbocycles. The van der Waals surface area contributed by atoms with Crippen molar-refractivity contribution in [2.45, 2.75) is 72.6 Å². The minimum Gasteiger partial charge on any atom is -0.0683 e. The third kappa shape index (κ3) is 6.12. The standard InChI is InChI=1S/C11H22.C2H6/c1-3-4-6-10(2)9-11-7-5-8-11;1-2/h10-11H,3-9H2,1-2H3;1-2H3.